The lowest BCUT2D eigenvalue weighted by Crippen LogP contribution is -2.37. The largest absolute Gasteiger partial charge is 0.353 e. The van der Waals surface area contributed by atoms with Crippen LogP contribution in [0.1, 0.15) is 57.6 Å². The molecule has 21 heavy (non-hydrogen) atoms. The van der Waals surface area contributed by atoms with E-state index in [0.717, 1.165) is 13.0 Å². The summed E-state index contributed by atoms with van der Waals surface area (Å²) < 4.78 is 0. The first-order valence-electron chi connectivity index (χ1n) is 8.45. The van der Waals surface area contributed by atoms with Crippen molar-refractivity contribution in [2.24, 2.45) is 11.7 Å². The Hall–Kier alpha value is -1.09. The molecule has 1 atom stereocenters. The summed E-state index contributed by atoms with van der Waals surface area (Å²) in [5, 5.41) is 0. The standard InChI is InChI=1S/C18H31N3/c1-13(2)12-21(17-7-5-6-8-17)18-14(3)9-16(11-20-18)10-15(4)19/h9,11,13,15,17H,5-8,10,12,19H2,1-4H3. The number of pyridine rings is 1. The summed E-state index contributed by atoms with van der Waals surface area (Å²) in [6.07, 6.45) is 8.28. The molecule has 0 aromatic carbocycles. The van der Waals surface area contributed by atoms with Gasteiger partial charge in [-0.2, -0.15) is 0 Å². The van der Waals surface area contributed by atoms with E-state index in [1.807, 2.05) is 13.1 Å². The second-order valence-corrected chi connectivity index (χ2v) is 7.15. The van der Waals surface area contributed by atoms with Crippen LogP contribution in [0.2, 0.25) is 0 Å². The van der Waals surface area contributed by atoms with E-state index in [9.17, 15) is 0 Å². The molecule has 0 spiro atoms. The molecule has 0 bridgehead atoms. The molecule has 118 valence electrons. The molecule has 2 rings (SSSR count). The third-order valence-electron chi connectivity index (χ3n) is 4.26. The Balaban J connectivity index is 2.22. The molecule has 1 aliphatic rings. The quantitative estimate of drug-likeness (QED) is 0.868. The Labute approximate surface area is 129 Å². The van der Waals surface area contributed by atoms with Gasteiger partial charge in [0, 0.05) is 24.8 Å². The van der Waals surface area contributed by atoms with E-state index in [0.29, 0.717) is 12.0 Å². The van der Waals surface area contributed by atoms with Crippen LogP contribution in [0.5, 0.6) is 0 Å². The molecule has 1 aromatic rings. The fraction of sp³-hybridized carbons (Fsp3) is 0.722. The maximum Gasteiger partial charge on any atom is 0.131 e. The van der Waals surface area contributed by atoms with Gasteiger partial charge in [0.1, 0.15) is 5.82 Å². The van der Waals surface area contributed by atoms with Gasteiger partial charge < -0.3 is 10.6 Å². The van der Waals surface area contributed by atoms with Crippen LogP contribution in [-0.2, 0) is 6.42 Å². The van der Waals surface area contributed by atoms with Crippen molar-refractivity contribution in [2.45, 2.75) is 71.9 Å². The first kappa shape index (κ1) is 16.3. The lowest BCUT2D eigenvalue weighted by molar-refractivity contribution is 0.530. The average Bonchev–Trinajstić information content (AvgIpc) is 2.89. The molecule has 0 radical (unpaired) electrons. The first-order chi connectivity index (χ1) is 9.97. The van der Waals surface area contributed by atoms with Gasteiger partial charge in [0.25, 0.3) is 0 Å². The number of hydrogen-bond acceptors (Lipinski definition) is 3. The topological polar surface area (TPSA) is 42.1 Å². The van der Waals surface area contributed by atoms with Gasteiger partial charge in [0.05, 0.1) is 0 Å². The maximum atomic E-state index is 5.90. The molecule has 3 nitrogen and oxygen atoms in total. The molecule has 0 amide bonds. The van der Waals surface area contributed by atoms with Gasteiger partial charge in [0.15, 0.2) is 0 Å². The first-order valence-corrected chi connectivity index (χ1v) is 8.45. The summed E-state index contributed by atoms with van der Waals surface area (Å²) in [7, 11) is 0. The number of nitrogens with two attached hydrogens (primary N) is 1. The van der Waals surface area contributed by atoms with Crippen LogP contribution < -0.4 is 10.6 Å². The summed E-state index contributed by atoms with van der Waals surface area (Å²) in [5.74, 6) is 1.85. The molecule has 1 fully saturated rings. The average molecular weight is 289 g/mol. The fourth-order valence-corrected chi connectivity index (χ4v) is 3.43. The minimum Gasteiger partial charge on any atom is -0.353 e. The molecule has 1 aliphatic carbocycles. The smallest absolute Gasteiger partial charge is 0.131 e. The summed E-state index contributed by atoms with van der Waals surface area (Å²) in [6, 6.07) is 3.14. The molecule has 1 heterocycles. The highest BCUT2D eigenvalue weighted by Gasteiger charge is 2.25. The molecule has 2 N–H and O–H groups in total. The lowest BCUT2D eigenvalue weighted by Gasteiger charge is -2.33. The van der Waals surface area contributed by atoms with Crippen LogP contribution in [0, 0.1) is 12.8 Å². The zero-order chi connectivity index (χ0) is 15.4. The van der Waals surface area contributed by atoms with E-state index in [-0.39, 0.29) is 6.04 Å². The maximum absolute atomic E-state index is 5.90. The third kappa shape index (κ3) is 4.44. The Kier molecular flexibility index (Phi) is 5.63. The zero-order valence-electron chi connectivity index (χ0n) is 14.1. The number of aryl methyl sites for hydroxylation is 1. The number of aromatic nitrogens is 1. The van der Waals surface area contributed by atoms with Crippen molar-refractivity contribution in [3.8, 4) is 0 Å². The van der Waals surface area contributed by atoms with Gasteiger partial charge in [-0.1, -0.05) is 32.8 Å². The summed E-state index contributed by atoms with van der Waals surface area (Å²) in [6.45, 7) is 9.93. The predicted octanol–water partition coefficient (Wildman–Crippen LogP) is 3.68. The second kappa shape index (κ2) is 7.26. The van der Waals surface area contributed by atoms with E-state index in [1.165, 1.54) is 42.6 Å². The van der Waals surface area contributed by atoms with Gasteiger partial charge in [-0.25, -0.2) is 4.98 Å². The summed E-state index contributed by atoms with van der Waals surface area (Å²) in [5.41, 5.74) is 8.44. The van der Waals surface area contributed by atoms with Crippen molar-refractivity contribution in [2.75, 3.05) is 11.4 Å². The van der Waals surface area contributed by atoms with Crippen molar-refractivity contribution in [1.82, 2.24) is 4.98 Å². The Bertz CT molecular complexity index is 448. The number of anilines is 1. The summed E-state index contributed by atoms with van der Waals surface area (Å²) in [4.78, 5) is 7.36. The van der Waals surface area contributed by atoms with Gasteiger partial charge in [-0.3, -0.25) is 0 Å². The van der Waals surface area contributed by atoms with E-state index in [1.54, 1.807) is 0 Å². The van der Waals surface area contributed by atoms with E-state index in [4.69, 9.17) is 10.7 Å². The third-order valence-corrected chi connectivity index (χ3v) is 4.26. The fourth-order valence-electron chi connectivity index (χ4n) is 3.43. The van der Waals surface area contributed by atoms with Crippen LogP contribution in [-0.4, -0.2) is 23.6 Å². The van der Waals surface area contributed by atoms with Crippen LogP contribution in [0.15, 0.2) is 12.3 Å². The SMILES string of the molecule is Cc1cc(CC(C)N)cnc1N(CC(C)C)C1CCCC1. The van der Waals surface area contributed by atoms with Gasteiger partial charge >= 0.3 is 0 Å². The van der Waals surface area contributed by atoms with Crippen LogP contribution in [0.3, 0.4) is 0 Å². The van der Waals surface area contributed by atoms with Crippen LogP contribution in [0.4, 0.5) is 5.82 Å². The molecule has 1 unspecified atom stereocenters. The highest BCUT2D eigenvalue weighted by atomic mass is 15.2. The van der Waals surface area contributed by atoms with Crippen molar-refractivity contribution >= 4 is 5.82 Å². The minimum atomic E-state index is 0.193. The van der Waals surface area contributed by atoms with E-state index < -0.39 is 0 Å². The molecular formula is C18H31N3. The Morgan fingerprint density at radius 2 is 1.95 bits per heavy atom. The van der Waals surface area contributed by atoms with Gasteiger partial charge in [0.2, 0.25) is 0 Å². The number of nitrogens with zero attached hydrogens (tertiary/aromatic N) is 2. The Morgan fingerprint density at radius 3 is 2.48 bits per heavy atom. The van der Waals surface area contributed by atoms with Crippen LogP contribution in [0.25, 0.3) is 0 Å². The zero-order valence-corrected chi connectivity index (χ0v) is 14.1. The molecule has 1 aromatic heterocycles. The molecule has 0 aliphatic heterocycles. The number of hydrogen-bond donors (Lipinski definition) is 1. The van der Waals surface area contributed by atoms with E-state index in [2.05, 4.69) is 31.7 Å². The number of rotatable bonds is 6. The van der Waals surface area contributed by atoms with Crippen LogP contribution >= 0.6 is 0 Å². The van der Waals surface area contributed by atoms with Gasteiger partial charge in [-0.15, -0.1) is 0 Å². The highest BCUT2D eigenvalue weighted by Crippen LogP contribution is 2.30. The molecule has 1 saturated carbocycles. The molecular weight excluding hydrogens is 258 g/mol. The van der Waals surface area contributed by atoms with Crippen molar-refractivity contribution in [3.05, 3.63) is 23.4 Å². The van der Waals surface area contributed by atoms with Crippen molar-refractivity contribution in [1.29, 1.82) is 0 Å². The Morgan fingerprint density at radius 1 is 1.29 bits per heavy atom. The van der Waals surface area contributed by atoms with E-state index >= 15 is 0 Å². The van der Waals surface area contributed by atoms with Gasteiger partial charge in [-0.05, 0) is 50.2 Å². The molecule has 3 heteroatoms. The normalized spacial score (nSPS) is 17.4. The molecule has 0 saturated heterocycles. The summed E-state index contributed by atoms with van der Waals surface area (Å²) >= 11 is 0. The second-order valence-electron chi connectivity index (χ2n) is 7.15. The lowest BCUT2D eigenvalue weighted by atomic mass is 10.1. The van der Waals surface area contributed by atoms with Crippen molar-refractivity contribution in [3.63, 3.8) is 0 Å². The predicted molar refractivity (Wildman–Crippen MR) is 90.8 cm³/mol. The highest BCUT2D eigenvalue weighted by molar-refractivity contribution is 5.48. The van der Waals surface area contributed by atoms with Crippen molar-refractivity contribution < 1.29 is 0 Å². The monoisotopic (exact) mass is 289 g/mol. The minimum absolute atomic E-state index is 0.193.